The third kappa shape index (κ3) is 2.50. The average Bonchev–Trinajstić information content (AvgIpc) is 2.13. The van der Waals surface area contributed by atoms with Gasteiger partial charge < -0.3 is 10.6 Å². The molecular formula is C8H16N2O. The van der Waals surface area contributed by atoms with E-state index in [-0.39, 0.29) is 11.9 Å². The van der Waals surface area contributed by atoms with Gasteiger partial charge in [0.15, 0.2) is 0 Å². The van der Waals surface area contributed by atoms with Crippen molar-refractivity contribution in [2.24, 2.45) is 5.73 Å². The van der Waals surface area contributed by atoms with E-state index in [2.05, 4.69) is 0 Å². The minimum Gasteiger partial charge on any atom is -0.341 e. The average molecular weight is 156 g/mol. The van der Waals surface area contributed by atoms with Crippen molar-refractivity contribution in [2.45, 2.75) is 32.2 Å². The second kappa shape index (κ2) is 3.72. The highest BCUT2D eigenvalue weighted by molar-refractivity contribution is 5.73. The van der Waals surface area contributed by atoms with Gasteiger partial charge in [-0.2, -0.15) is 0 Å². The predicted molar refractivity (Wildman–Crippen MR) is 44.1 cm³/mol. The van der Waals surface area contributed by atoms with Crippen LogP contribution in [0.15, 0.2) is 0 Å². The van der Waals surface area contributed by atoms with Gasteiger partial charge in [-0.1, -0.05) is 6.42 Å². The molecule has 0 aliphatic carbocycles. The van der Waals surface area contributed by atoms with Gasteiger partial charge in [-0.3, -0.25) is 4.79 Å². The second-order valence-corrected chi connectivity index (χ2v) is 3.22. The number of hydrogen-bond donors (Lipinski definition) is 1. The van der Waals surface area contributed by atoms with E-state index < -0.39 is 0 Å². The van der Waals surface area contributed by atoms with Crippen molar-refractivity contribution in [1.29, 1.82) is 0 Å². The lowest BCUT2D eigenvalue weighted by Crippen LogP contribution is -2.38. The van der Waals surface area contributed by atoms with Crippen LogP contribution < -0.4 is 5.73 Å². The predicted octanol–water partition coefficient (Wildman–Crippen LogP) is 0.346. The second-order valence-electron chi connectivity index (χ2n) is 3.22. The molecule has 0 aromatic rings. The molecule has 1 amide bonds. The van der Waals surface area contributed by atoms with E-state index in [1.165, 1.54) is 0 Å². The first kappa shape index (κ1) is 8.53. The van der Waals surface area contributed by atoms with Gasteiger partial charge in [0.2, 0.25) is 5.91 Å². The lowest BCUT2D eigenvalue weighted by atomic mass is 10.2. The third-order valence-corrected chi connectivity index (χ3v) is 2.15. The van der Waals surface area contributed by atoms with Gasteiger partial charge in [0.1, 0.15) is 0 Å². The quantitative estimate of drug-likeness (QED) is 0.550. The largest absolute Gasteiger partial charge is 0.341 e. The molecule has 1 rings (SSSR count). The van der Waals surface area contributed by atoms with Gasteiger partial charge in [0, 0.05) is 26.1 Å². The van der Waals surface area contributed by atoms with Crippen LogP contribution in [0.2, 0.25) is 0 Å². The number of nitrogens with zero attached hydrogens (tertiary/aromatic N) is 1. The van der Waals surface area contributed by atoms with Crippen LogP contribution in [0.3, 0.4) is 0 Å². The number of likely N-dealkylation sites (tertiary alicyclic amines) is 1. The van der Waals surface area contributed by atoms with E-state index in [1.54, 1.807) is 6.92 Å². The van der Waals surface area contributed by atoms with E-state index in [1.807, 2.05) is 4.90 Å². The summed E-state index contributed by atoms with van der Waals surface area (Å²) >= 11 is 0. The molecule has 3 nitrogen and oxygen atoms in total. The van der Waals surface area contributed by atoms with Gasteiger partial charge in [-0.15, -0.1) is 0 Å². The topological polar surface area (TPSA) is 46.3 Å². The first-order valence-electron chi connectivity index (χ1n) is 4.21. The van der Waals surface area contributed by atoms with Crippen LogP contribution in [-0.2, 0) is 4.79 Å². The van der Waals surface area contributed by atoms with E-state index in [9.17, 15) is 4.79 Å². The molecule has 11 heavy (non-hydrogen) atoms. The maximum Gasteiger partial charge on any atom is 0.219 e. The molecule has 1 unspecified atom stereocenters. The maximum absolute atomic E-state index is 11.0. The summed E-state index contributed by atoms with van der Waals surface area (Å²) in [5, 5.41) is 0. The molecular weight excluding hydrogens is 140 g/mol. The van der Waals surface area contributed by atoms with Crippen LogP contribution in [0.1, 0.15) is 26.2 Å². The zero-order chi connectivity index (χ0) is 8.27. The first-order chi connectivity index (χ1) is 5.20. The molecule has 0 saturated carbocycles. The molecule has 1 saturated heterocycles. The summed E-state index contributed by atoms with van der Waals surface area (Å²) in [6, 6.07) is 0.196. The first-order valence-corrected chi connectivity index (χ1v) is 4.21. The van der Waals surface area contributed by atoms with Crippen molar-refractivity contribution in [3.8, 4) is 0 Å². The van der Waals surface area contributed by atoms with Crippen LogP contribution in [-0.4, -0.2) is 29.9 Å². The minimum absolute atomic E-state index is 0.155. The summed E-state index contributed by atoms with van der Waals surface area (Å²) in [7, 11) is 0. The summed E-state index contributed by atoms with van der Waals surface area (Å²) in [4.78, 5) is 12.8. The minimum atomic E-state index is 0.155. The Hall–Kier alpha value is -0.570. The number of nitrogens with two attached hydrogens (primary N) is 1. The highest BCUT2D eigenvalue weighted by atomic mass is 16.2. The van der Waals surface area contributed by atoms with Crippen molar-refractivity contribution < 1.29 is 4.79 Å². The molecule has 0 aromatic carbocycles. The number of carbonyl (C=O) groups excluding carboxylic acids is 1. The zero-order valence-corrected chi connectivity index (χ0v) is 7.05. The monoisotopic (exact) mass is 156 g/mol. The lowest BCUT2D eigenvalue weighted by molar-refractivity contribution is -0.128. The summed E-state index contributed by atoms with van der Waals surface area (Å²) in [5.41, 5.74) is 5.77. The Labute approximate surface area is 67.5 Å². The Balaban J connectivity index is 2.45. The molecule has 1 aliphatic rings. The van der Waals surface area contributed by atoms with Gasteiger partial charge in [-0.05, 0) is 12.8 Å². The van der Waals surface area contributed by atoms with Crippen molar-refractivity contribution in [3.05, 3.63) is 0 Å². The summed E-state index contributed by atoms with van der Waals surface area (Å²) in [6.07, 6.45) is 3.32. The fourth-order valence-electron chi connectivity index (χ4n) is 1.46. The van der Waals surface area contributed by atoms with Crippen molar-refractivity contribution in [3.63, 3.8) is 0 Å². The molecule has 0 bridgehead atoms. The summed E-state index contributed by atoms with van der Waals surface area (Å²) in [5.74, 6) is 0.155. The molecule has 1 fully saturated rings. The standard InChI is InChI=1S/C8H16N2O/c1-7(11)10-5-3-2-4-8(9)6-10/h8H,2-6,9H2,1H3. The highest BCUT2D eigenvalue weighted by Crippen LogP contribution is 2.08. The van der Waals surface area contributed by atoms with Gasteiger partial charge >= 0.3 is 0 Å². The third-order valence-electron chi connectivity index (χ3n) is 2.15. The normalized spacial score (nSPS) is 26.4. The molecule has 0 radical (unpaired) electrons. The van der Waals surface area contributed by atoms with E-state index >= 15 is 0 Å². The van der Waals surface area contributed by atoms with E-state index in [0.717, 1.165) is 32.4 Å². The smallest absolute Gasteiger partial charge is 0.219 e. The summed E-state index contributed by atoms with van der Waals surface area (Å²) < 4.78 is 0. The number of carbonyl (C=O) groups is 1. The molecule has 3 heteroatoms. The van der Waals surface area contributed by atoms with Crippen LogP contribution in [0.25, 0.3) is 0 Å². The number of hydrogen-bond acceptors (Lipinski definition) is 2. The Bertz CT molecular complexity index is 147. The molecule has 0 spiro atoms. The lowest BCUT2D eigenvalue weighted by Gasteiger charge is -2.20. The van der Waals surface area contributed by atoms with Gasteiger partial charge in [-0.25, -0.2) is 0 Å². The van der Waals surface area contributed by atoms with Crippen LogP contribution in [0.4, 0.5) is 0 Å². The molecule has 2 N–H and O–H groups in total. The van der Waals surface area contributed by atoms with Crippen LogP contribution in [0.5, 0.6) is 0 Å². The Kier molecular flexibility index (Phi) is 2.88. The fourth-order valence-corrected chi connectivity index (χ4v) is 1.46. The highest BCUT2D eigenvalue weighted by Gasteiger charge is 2.15. The number of rotatable bonds is 0. The van der Waals surface area contributed by atoms with Crippen LogP contribution >= 0.6 is 0 Å². The zero-order valence-electron chi connectivity index (χ0n) is 7.05. The van der Waals surface area contributed by atoms with Crippen molar-refractivity contribution in [1.82, 2.24) is 4.90 Å². The molecule has 1 aliphatic heterocycles. The van der Waals surface area contributed by atoms with E-state index in [0.29, 0.717) is 0 Å². The van der Waals surface area contributed by atoms with Gasteiger partial charge in [0.25, 0.3) is 0 Å². The number of amides is 1. The SMILES string of the molecule is CC(=O)N1CCCCC(N)C1. The molecule has 1 heterocycles. The Morgan fingerprint density at radius 1 is 1.55 bits per heavy atom. The molecule has 0 aromatic heterocycles. The van der Waals surface area contributed by atoms with Crippen LogP contribution in [0, 0.1) is 0 Å². The summed E-state index contributed by atoms with van der Waals surface area (Å²) in [6.45, 7) is 3.25. The Morgan fingerprint density at radius 2 is 2.27 bits per heavy atom. The van der Waals surface area contributed by atoms with E-state index in [4.69, 9.17) is 5.73 Å². The Morgan fingerprint density at radius 3 is 2.91 bits per heavy atom. The van der Waals surface area contributed by atoms with Crippen molar-refractivity contribution in [2.75, 3.05) is 13.1 Å². The maximum atomic E-state index is 11.0. The molecule has 1 atom stereocenters. The van der Waals surface area contributed by atoms with Crippen molar-refractivity contribution >= 4 is 5.91 Å². The fraction of sp³-hybridized carbons (Fsp3) is 0.875. The molecule has 64 valence electrons. The van der Waals surface area contributed by atoms with Gasteiger partial charge in [0.05, 0.1) is 0 Å².